The van der Waals surface area contributed by atoms with Crippen molar-refractivity contribution >= 4 is 22.9 Å². The van der Waals surface area contributed by atoms with Gasteiger partial charge in [-0.1, -0.05) is 84.9 Å². The molecule has 0 saturated carbocycles. The van der Waals surface area contributed by atoms with E-state index in [2.05, 4.69) is 0 Å². The van der Waals surface area contributed by atoms with Crippen LogP contribution in [0.1, 0.15) is 54.1 Å². The molecular weight excluding hydrogens is 716 g/mol. The molecule has 0 aliphatic heterocycles. The first-order chi connectivity index (χ1) is 27.1. The molecular formula is C44H38N2O10. The van der Waals surface area contributed by atoms with E-state index in [1.54, 1.807) is 72.8 Å². The zero-order valence-corrected chi connectivity index (χ0v) is 31.1. The molecule has 6 rings (SSSR count). The zero-order chi connectivity index (χ0) is 40.2. The van der Waals surface area contributed by atoms with E-state index in [9.17, 15) is 29.8 Å². The van der Waals surface area contributed by atoms with Crippen molar-refractivity contribution in [2.45, 2.75) is 12.8 Å². The van der Waals surface area contributed by atoms with Crippen LogP contribution in [0.3, 0.4) is 0 Å². The summed E-state index contributed by atoms with van der Waals surface area (Å²) in [4.78, 5) is 47.0. The van der Waals surface area contributed by atoms with E-state index in [-0.39, 0.29) is 22.9 Å². The summed E-state index contributed by atoms with van der Waals surface area (Å²) in [5.41, 5.74) is 5.39. The predicted molar refractivity (Wildman–Crippen MR) is 211 cm³/mol. The Morgan fingerprint density at radius 2 is 0.768 bits per heavy atom. The maximum atomic E-state index is 13.1. The molecule has 0 aromatic heterocycles. The number of nitro groups is 2. The summed E-state index contributed by atoms with van der Waals surface area (Å²) in [7, 11) is 6.10. The molecule has 0 radical (unpaired) electrons. The predicted octanol–water partition coefficient (Wildman–Crippen LogP) is 8.87. The molecule has 0 fully saturated rings. The summed E-state index contributed by atoms with van der Waals surface area (Å²) >= 11 is 0. The van der Waals surface area contributed by atoms with Crippen molar-refractivity contribution in [2.75, 3.05) is 28.4 Å². The number of rotatable bonds is 14. The van der Waals surface area contributed by atoms with Crippen LogP contribution in [0.5, 0.6) is 23.0 Å². The lowest BCUT2D eigenvalue weighted by Gasteiger charge is -2.15. The highest BCUT2D eigenvalue weighted by atomic mass is 16.6. The van der Waals surface area contributed by atoms with Gasteiger partial charge >= 0.3 is 0 Å². The molecule has 0 atom stereocenters. The summed E-state index contributed by atoms with van der Waals surface area (Å²) in [6, 6.07) is 37.4. The third-order valence-corrected chi connectivity index (χ3v) is 8.86. The van der Waals surface area contributed by atoms with Crippen molar-refractivity contribution < 1.29 is 38.4 Å². The summed E-state index contributed by atoms with van der Waals surface area (Å²) < 4.78 is 21.5. The van der Waals surface area contributed by atoms with Crippen molar-refractivity contribution in [2.24, 2.45) is 0 Å². The monoisotopic (exact) mass is 754 g/mol. The van der Waals surface area contributed by atoms with E-state index in [0.29, 0.717) is 58.1 Å². The van der Waals surface area contributed by atoms with E-state index < -0.39 is 9.85 Å². The largest absolute Gasteiger partial charge is 0.493 e. The third kappa shape index (κ3) is 9.60. The molecule has 0 spiro atoms. The second-order valence-electron chi connectivity index (χ2n) is 12.3. The number of hydrogen-bond donors (Lipinski definition) is 0. The van der Waals surface area contributed by atoms with Crippen LogP contribution in [-0.4, -0.2) is 49.9 Å². The summed E-state index contributed by atoms with van der Waals surface area (Å²) in [5.74, 6) is 1.72. The highest BCUT2D eigenvalue weighted by Crippen LogP contribution is 2.34. The molecule has 0 bridgehead atoms. The SMILES string of the molecule is COc1cc(Cc2ccc([N+](=O)[O-])cc2)c(C(=O)c2ccccc2)cc1OC.COc1cc(Cc2ccc([N+](=O)[O-])cc2)c(C(=O)c2ccccc2)cc1OC. The van der Waals surface area contributed by atoms with Crippen LogP contribution in [0.4, 0.5) is 11.4 Å². The van der Waals surface area contributed by atoms with Gasteiger partial charge in [-0.3, -0.25) is 29.8 Å². The molecule has 284 valence electrons. The second kappa shape index (κ2) is 18.6. The maximum Gasteiger partial charge on any atom is 0.269 e. The molecule has 0 aliphatic rings. The summed E-state index contributed by atoms with van der Waals surface area (Å²) in [6.45, 7) is 0. The van der Waals surface area contributed by atoms with Crippen molar-refractivity contribution in [3.8, 4) is 23.0 Å². The average molecular weight is 755 g/mol. The lowest BCUT2D eigenvalue weighted by molar-refractivity contribution is -0.385. The summed E-state index contributed by atoms with van der Waals surface area (Å²) in [6.07, 6.45) is 0.846. The first-order valence-corrected chi connectivity index (χ1v) is 17.2. The van der Waals surface area contributed by atoms with Gasteiger partial charge in [0.1, 0.15) is 0 Å². The Morgan fingerprint density at radius 3 is 1.05 bits per heavy atom. The Hall–Kier alpha value is -7.34. The van der Waals surface area contributed by atoms with E-state index in [1.807, 2.05) is 36.4 Å². The van der Waals surface area contributed by atoms with E-state index in [0.717, 1.165) is 22.3 Å². The lowest BCUT2D eigenvalue weighted by atomic mass is 9.93. The highest BCUT2D eigenvalue weighted by molar-refractivity contribution is 6.11. The fourth-order valence-electron chi connectivity index (χ4n) is 5.96. The van der Waals surface area contributed by atoms with E-state index in [1.165, 1.54) is 52.7 Å². The molecule has 12 nitrogen and oxygen atoms in total. The number of methoxy groups -OCH3 is 4. The van der Waals surface area contributed by atoms with Gasteiger partial charge in [0.25, 0.3) is 11.4 Å². The highest BCUT2D eigenvalue weighted by Gasteiger charge is 2.20. The molecule has 56 heavy (non-hydrogen) atoms. The Kier molecular flexibility index (Phi) is 13.2. The minimum Gasteiger partial charge on any atom is -0.493 e. The van der Waals surface area contributed by atoms with Crippen LogP contribution in [0.25, 0.3) is 0 Å². The standard InChI is InChI=1S/2C22H19NO5/c2*1-27-20-13-17(12-15-8-10-18(11-9-15)23(25)26)19(14-21(20)28-2)22(24)16-6-4-3-5-7-16/h2*3-11,13-14H,12H2,1-2H3. The number of nitrogens with zero attached hydrogens (tertiary/aromatic N) is 2. The Bertz CT molecular complexity index is 2160. The van der Waals surface area contributed by atoms with Gasteiger partial charge in [-0.25, -0.2) is 0 Å². The number of carbonyl (C=O) groups is 2. The normalized spacial score (nSPS) is 10.4. The first-order valence-electron chi connectivity index (χ1n) is 17.2. The van der Waals surface area contributed by atoms with Gasteiger partial charge in [-0.15, -0.1) is 0 Å². The lowest BCUT2D eigenvalue weighted by Crippen LogP contribution is -2.07. The zero-order valence-electron chi connectivity index (χ0n) is 31.1. The van der Waals surface area contributed by atoms with Crippen molar-refractivity contribution in [1.29, 1.82) is 0 Å². The minimum atomic E-state index is -0.440. The number of ketones is 2. The molecule has 0 N–H and O–H groups in total. The van der Waals surface area contributed by atoms with E-state index in [4.69, 9.17) is 18.9 Å². The van der Waals surface area contributed by atoms with Gasteiger partial charge in [0.2, 0.25) is 0 Å². The third-order valence-electron chi connectivity index (χ3n) is 8.86. The fraction of sp³-hybridized carbons (Fsp3) is 0.136. The van der Waals surface area contributed by atoms with Crippen molar-refractivity contribution in [1.82, 2.24) is 0 Å². The molecule has 6 aromatic carbocycles. The topological polar surface area (TPSA) is 157 Å². The maximum absolute atomic E-state index is 13.1. The van der Waals surface area contributed by atoms with Crippen LogP contribution in [0, 0.1) is 20.2 Å². The number of carbonyl (C=O) groups excluding carboxylic acids is 2. The quantitative estimate of drug-likeness (QED) is 0.0598. The Morgan fingerprint density at radius 1 is 0.464 bits per heavy atom. The average Bonchev–Trinajstić information content (AvgIpc) is 3.24. The number of benzene rings is 6. The molecule has 0 amide bonds. The van der Waals surface area contributed by atoms with Gasteiger partial charge < -0.3 is 18.9 Å². The van der Waals surface area contributed by atoms with Gasteiger partial charge in [-0.2, -0.15) is 0 Å². The molecule has 0 saturated heterocycles. The molecule has 12 heteroatoms. The fourth-order valence-corrected chi connectivity index (χ4v) is 5.96. The molecule has 0 aliphatic carbocycles. The van der Waals surface area contributed by atoms with Crippen LogP contribution < -0.4 is 18.9 Å². The van der Waals surface area contributed by atoms with E-state index >= 15 is 0 Å². The summed E-state index contributed by atoms with van der Waals surface area (Å²) in [5, 5.41) is 21.7. The number of hydrogen-bond acceptors (Lipinski definition) is 10. The minimum absolute atomic E-state index is 0.0247. The Labute approximate surface area is 323 Å². The number of ether oxygens (including phenoxy) is 4. The first kappa shape index (κ1) is 39.9. The van der Waals surface area contributed by atoms with Crippen molar-refractivity contribution in [3.63, 3.8) is 0 Å². The number of non-ortho nitro benzene ring substituents is 2. The molecule has 6 aromatic rings. The van der Waals surface area contributed by atoms with Crippen LogP contribution in [0.15, 0.2) is 133 Å². The van der Waals surface area contributed by atoms with Gasteiger partial charge in [0.05, 0.1) is 38.3 Å². The smallest absolute Gasteiger partial charge is 0.269 e. The number of nitro benzene ring substituents is 2. The molecule has 0 unspecified atom stereocenters. The van der Waals surface area contributed by atoms with Crippen LogP contribution >= 0.6 is 0 Å². The second-order valence-corrected chi connectivity index (χ2v) is 12.3. The van der Waals surface area contributed by atoms with Crippen molar-refractivity contribution in [3.05, 3.63) is 198 Å². The van der Waals surface area contributed by atoms with Gasteiger partial charge in [0.15, 0.2) is 34.6 Å². The van der Waals surface area contributed by atoms with Gasteiger partial charge in [0, 0.05) is 46.5 Å². The Balaban J connectivity index is 0.000000214. The van der Waals surface area contributed by atoms with Gasteiger partial charge in [-0.05, 0) is 59.4 Å². The van der Waals surface area contributed by atoms with Crippen LogP contribution in [-0.2, 0) is 12.8 Å². The molecule has 0 heterocycles. The van der Waals surface area contributed by atoms with Crippen LogP contribution in [0.2, 0.25) is 0 Å².